The highest BCUT2D eigenvalue weighted by Gasteiger charge is 2.19. The summed E-state index contributed by atoms with van der Waals surface area (Å²) >= 11 is 0. The molecule has 0 N–H and O–H groups in total. The molecule has 0 fully saturated rings. The van der Waals surface area contributed by atoms with Gasteiger partial charge in [0.25, 0.3) is 5.56 Å². The molecule has 0 saturated heterocycles. The topological polar surface area (TPSA) is 58.3 Å². The van der Waals surface area contributed by atoms with Crippen LogP contribution in [0.25, 0.3) is 22.1 Å². The van der Waals surface area contributed by atoms with Crippen LogP contribution in [0.4, 0.5) is 0 Å². The number of aryl methyl sites for hydroxylation is 2. The monoisotopic (exact) mass is 375 g/mol. The molecule has 0 aliphatic rings. The number of aromatic nitrogens is 3. The lowest BCUT2D eigenvalue weighted by atomic mass is 10.2. The zero-order chi connectivity index (χ0) is 19.8. The first-order valence-corrected chi connectivity index (χ1v) is 8.94. The van der Waals surface area contributed by atoms with Gasteiger partial charge in [-0.3, -0.25) is 4.79 Å². The fraction of sp³-hybridized carbons (Fsp3) is 0.182. The SMILES string of the molecule is COc1cccc(-n2c(C)c3cnn(-c4ccccc4OC)c(=O)c3c2C)c1. The molecule has 0 aliphatic carbocycles. The molecule has 142 valence electrons. The van der Waals surface area contributed by atoms with Gasteiger partial charge in [0.2, 0.25) is 0 Å². The third kappa shape index (κ3) is 2.65. The molecule has 6 heteroatoms. The number of hydrogen-bond acceptors (Lipinski definition) is 4. The first-order valence-electron chi connectivity index (χ1n) is 8.94. The van der Waals surface area contributed by atoms with Crippen molar-refractivity contribution in [2.24, 2.45) is 0 Å². The first kappa shape index (κ1) is 17.9. The highest BCUT2D eigenvalue weighted by Crippen LogP contribution is 2.28. The minimum atomic E-state index is -0.177. The van der Waals surface area contributed by atoms with Crippen LogP contribution < -0.4 is 15.0 Å². The second-order valence-electron chi connectivity index (χ2n) is 6.53. The van der Waals surface area contributed by atoms with E-state index in [1.165, 1.54) is 4.68 Å². The number of ether oxygens (including phenoxy) is 2. The van der Waals surface area contributed by atoms with Crippen LogP contribution in [0.5, 0.6) is 11.5 Å². The molecule has 0 unspecified atom stereocenters. The van der Waals surface area contributed by atoms with Gasteiger partial charge >= 0.3 is 0 Å². The molecule has 0 aliphatic heterocycles. The predicted octanol–water partition coefficient (Wildman–Crippen LogP) is 3.81. The van der Waals surface area contributed by atoms with Gasteiger partial charge in [0, 0.05) is 28.5 Å². The van der Waals surface area contributed by atoms with Gasteiger partial charge in [0.15, 0.2) is 0 Å². The van der Waals surface area contributed by atoms with Crippen LogP contribution in [-0.4, -0.2) is 28.6 Å². The second kappa shape index (κ2) is 6.88. The molecule has 0 amide bonds. The fourth-order valence-corrected chi connectivity index (χ4v) is 3.67. The maximum Gasteiger partial charge on any atom is 0.281 e. The summed E-state index contributed by atoms with van der Waals surface area (Å²) in [6, 6.07) is 15.1. The Morgan fingerprint density at radius 2 is 1.71 bits per heavy atom. The number of fused-ring (bicyclic) bond motifs is 1. The minimum absolute atomic E-state index is 0.177. The Bertz CT molecular complexity index is 1240. The number of benzene rings is 2. The second-order valence-corrected chi connectivity index (χ2v) is 6.53. The summed E-state index contributed by atoms with van der Waals surface area (Å²) in [5.74, 6) is 1.36. The molecule has 6 nitrogen and oxygen atoms in total. The van der Waals surface area contributed by atoms with Crippen LogP contribution in [0.1, 0.15) is 11.4 Å². The van der Waals surface area contributed by atoms with Gasteiger partial charge in [-0.1, -0.05) is 18.2 Å². The van der Waals surface area contributed by atoms with Gasteiger partial charge in [0.1, 0.15) is 17.2 Å². The van der Waals surface area contributed by atoms with Crippen molar-refractivity contribution in [3.63, 3.8) is 0 Å². The van der Waals surface area contributed by atoms with Crippen LogP contribution >= 0.6 is 0 Å². The number of para-hydroxylation sites is 2. The van der Waals surface area contributed by atoms with E-state index < -0.39 is 0 Å². The predicted molar refractivity (Wildman–Crippen MR) is 109 cm³/mol. The molecule has 2 aromatic heterocycles. The van der Waals surface area contributed by atoms with Crippen molar-refractivity contribution in [2.75, 3.05) is 14.2 Å². The van der Waals surface area contributed by atoms with E-state index in [9.17, 15) is 4.79 Å². The molecule has 2 aromatic carbocycles. The Balaban J connectivity index is 2.00. The number of nitrogens with zero attached hydrogens (tertiary/aromatic N) is 3. The van der Waals surface area contributed by atoms with Crippen molar-refractivity contribution in [3.05, 3.63) is 76.5 Å². The molecular weight excluding hydrogens is 354 g/mol. The van der Waals surface area contributed by atoms with Crippen LogP contribution in [0.2, 0.25) is 0 Å². The Morgan fingerprint density at radius 1 is 0.929 bits per heavy atom. The molecule has 0 bridgehead atoms. The largest absolute Gasteiger partial charge is 0.497 e. The molecule has 2 heterocycles. The Kier molecular flexibility index (Phi) is 4.39. The smallest absolute Gasteiger partial charge is 0.281 e. The summed E-state index contributed by atoms with van der Waals surface area (Å²) in [7, 11) is 3.22. The van der Waals surface area contributed by atoms with Gasteiger partial charge in [-0.05, 0) is 38.1 Å². The van der Waals surface area contributed by atoms with Crippen molar-refractivity contribution in [1.82, 2.24) is 14.3 Å². The lowest BCUT2D eigenvalue weighted by Gasteiger charge is -2.10. The summed E-state index contributed by atoms with van der Waals surface area (Å²) in [6.45, 7) is 3.94. The van der Waals surface area contributed by atoms with Crippen molar-refractivity contribution in [2.45, 2.75) is 13.8 Å². The average Bonchev–Trinajstić information content (AvgIpc) is 2.99. The van der Waals surface area contributed by atoms with Crippen LogP contribution in [0, 0.1) is 13.8 Å². The van der Waals surface area contributed by atoms with E-state index in [0.29, 0.717) is 16.8 Å². The van der Waals surface area contributed by atoms with E-state index in [-0.39, 0.29) is 5.56 Å². The van der Waals surface area contributed by atoms with E-state index in [4.69, 9.17) is 9.47 Å². The summed E-state index contributed by atoms with van der Waals surface area (Å²) in [4.78, 5) is 13.3. The normalized spacial score (nSPS) is 11.0. The molecule has 0 atom stereocenters. The molecule has 28 heavy (non-hydrogen) atoms. The van der Waals surface area contributed by atoms with E-state index in [1.54, 1.807) is 20.4 Å². The van der Waals surface area contributed by atoms with Crippen LogP contribution in [-0.2, 0) is 0 Å². The lowest BCUT2D eigenvalue weighted by Crippen LogP contribution is -2.21. The average molecular weight is 375 g/mol. The van der Waals surface area contributed by atoms with Crippen molar-refractivity contribution in [3.8, 4) is 22.9 Å². The Morgan fingerprint density at radius 3 is 2.46 bits per heavy atom. The van der Waals surface area contributed by atoms with Crippen molar-refractivity contribution >= 4 is 10.8 Å². The van der Waals surface area contributed by atoms with E-state index in [2.05, 4.69) is 9.67 Å². The fourth-order valence-electron chi connectivity index (χ4n) is 3.67. The molecule has 0 radical (unpaired) electrons. The maximum atomic E-state index is 13.3. The van der Waals surface area contributed by atoms with Crippen LogP contribution in [0.15, 0.2) is 59.5 Å². The Hall–Kier alpha value is -3.54. The number of hydrogen-bond donors (Lipinski definition) is 0. The van der Waals surface area contributed by atoms with Crippen LogP contribution in [0.3, 0.4) is 0 Å². The van der Waals surface area contributed by atoms with Gasteiger partial charge in [0.05, 0.1) is 25.8 Å². The van der Waals surface area contributed by atoms with E-state index in [0.717, 1.165) is 28.2 Å². The lowest BCUT2D eigenvalue weighted by molar-refractivity contribution is 0.411. The van der Waals surface area contributed by atoms with Crippen molar-refractivity contribution < 1.29 is 9.47 Å². The zero-order valence-corrected chi connectivity index (χ0v) is 16.3. The Labute approximate surface area is 162 Å². The standard InChI is InChI=1S/C22H21N3O3/c1-14-18-13-23-25(19-10-5-6-11-20(19)28-4)22(26)21(18)15(2)24(14)16-8-7-9-17(12-16)27-3/h5-13H,1-4H3. The van der Waals surface area contributed by atoms with E-state index in [1.807, 2.05) is 62.4 Å². The number of methoxy groups -OCH3 is 2. The summed E-state index contributed by atoms with van der Waals surface area (Å²) in [6.07, 6.45) is 1.74. The molecule has 0 spiro atoms. The first-order chi connectivity index (χ1) is 13.6. The van der Waals surface area contributed by atoms with Gasteiger partial charge in [-0.2, -0.15) is 9.78 Å². The number of rotatable bonds is 4. The molecular formula is C22H21N3O3. The third-order valence-electron chi connectivity index (χ3n) is 5.03. The zero-order valence-electron chi connectivity index (χ0n) is 16.3. The molecule has 4 rings (SSSR count). The highest BCUT2D eigenvalue weighted by atomic mass is 16.5. The van der Waals surface area contributed by atoms with Gasteiger partial charge in [-0.25, -0.2) is 0 Å². The highest BCUT2D eigenvalue weighted by molar-refractivity contribution is 5.88. The van der Waals surface area contributed by atoms with Gasteiger partial charge < -0.3 is 14.0 Å². The minimum Gasteiger partial charge on any atom is -0.497 e. The van der Waals surface area contributed by atoms with Crippen molar-refractivity contribution in [1.29, 1.82) is 0 Å². The quantitative estimate of drug-likeness (QED) is 0.544. The molecule has 0 saturated carbocycles. The maximum absolute atomic E-state index is 13.3. The van der Waals surface area contributed by atoms with Gasteiger partial charge in [-0.15, -0.1) is 0 Å². The third-order valence-corrected chi connectivity index (χ3v) is 5.03. The summed E-state index contributed by atoms with van der Waals surface area (Å²) < 4.78 is 14.2. The summed E-state index contributed by atoms with van der Waals surface area (Å²) in [5.41, 5.74) is 3.19. The summed E-state index contributed by atoms with van der Waals surface area (Å²) in [5, 5.41) is 5.88. The van der Waals surface area contributed by atoms with E-state index >= 15 is 0 Å². The molecule has 4 aromatic rings.